The average Bonchev–Trinajstić information content (AvgIpc) is 2.55. The maximum Gasteiger partial charge on any atom is 0.274 e. The molecule has 0 bridgehead atoms. The van der Waals surface area contributed by atoms with Gasteiger partial charge in [-0.3, -0.25) is 9.48 Å². The summed E-state index contributed by atoms with van der Waals surface area (Å²) < 4.78 is 1.73. The Balaban J connectivity index is 2.14. The second-order valence-corrected chi connectivity index (χ2v) is 4.67. The molecule has 94 valence electrons. The molecule has 0 aliphatic heterocycles. The summed E-state index contributed by atoms with van der Waals surface area (Å²) >= 11 is 0. The molecule has 1 aliphatic rings. The Morgan fingerprint density at radius 2 is 2.35 bits per heavy atom. The van der Waals surface area contributed by atoms with E-state index in [9.17, 15) is 4.79 Å². The smallest absolute Gasteiger partial charge is 0.274 e. The van der Waals surface area contributed by atoms with Gasteiger partial charge < -0.3 is 10.6 Å². The van der Waals surface area contributed by atoms with E-state index < -0.39 is 0 Å². The summed E-state index contributed by atoms with van der Waals surface area (Å²) in [6.45, 7) is 3.08. The molecular weight excluding hydrogens is 216 g/mol. The zero-order valence-electron chi connectivity index (χ0n) is 10.5. The highest BCUT2D eigenvalue weighted by atomic mass is 16.2. The molecule has 1 aliphatic carbocycles. The number of nitrogens with zero attached hydrogens (tertiary/aromatic N) is 3. The van der Waals surface area contributed by atoms with Gasteiger partial charge in [0.1, 0.15) is 0 Å². The van der Waals surface area contributed by atoms with Crippen LogP contribution in [0, 0.1) is 6.92 Å². The van der Waals surface area contributed by atoms with Crippen LogP contribution >= 0.6 is 0 Å². The van der Waals surface area contributed by atoms with Crippen molar-refractivity contribution in [1.82, 2.24) is 14.7 Å². The zero-order valence-corrected chi connectivity index (χ0v) is 10.5. The standard InChI is InChI=1S/C12H20N4O/c1-9-8-11(14-15(9)2)12(17)16(7-6-13)10-4-3-5-10/h8,10H,3-7,13H2,1-2H3. The fraction of sp³-hybridized carbons (Fsp3) is 0.667. The van der Waals surface area contributed by atoms with Crippen molar-refractivity contribution in [2.75, 3.05) is 13.1 Å². The van der Waals surface area contributed by atoms with Gasteiger partial charge in [0.15, 0.2) is 5.69 Å². The SMILES string of the molecule is Cc1cc(C(=O)N(CCN)C2CCC2)nn1C. The van der Waals surface area contributed by atoms with E-state index >= 15 is 0 Å². The van der Waals surface area contributed by atoms with E-state index in [0.29, 0.717) is 24.8 Å². The lowest BCUT2D eigenvalue weighted by Gasteiger charge is -2.37. The van der Waals surface area contributed by atoms with Crippen molar-refractivity contribution >= 4 is 5.91 Å². The number of carbonyl (C=O) groups is 1. The van der Waals surface area contributed by atoms with Crippen LogP contribution in [0.15, 0.2) is 6.07 Å². The number of nitrogens with two attached hydrogens (primary N) is 1. The highest BCUT2D eigenvalue weighted by Gasteiger charge is 2.29. The van der Waals surface area contributed by atoms with E-state index in [1.165, 1.54) is 6.42 Å². The predicted molar refractivity (Wildman–Crippen MR) is 65.7 cm³/mol. The Hall–Kier alpha value is -1.36. The number of aromatic nitrogens is 2. The molecule has 1 saturated carbocycles. The molecular formula is C12H20N4O. The zero-order chi connectivity index (χ0) is 12.4. The van der Waals surface area contributed by atoms with E-state index in [2.05, 4.69) is 5.10 Å². The summed E-state index contributed by atoms with van der Waals surface area (Å²) in [7, 11) is 1.85. The van der Waals surface area contributed by atoms with Crippen LogP contribution in [0.1, 0.15) is 35.4 Å². The van der Waals surface area contributed by atoms with Gasteiger partial charge in [0, 0.05) is 31.9 Å². The average molecular weight is 236 g/mol. The van der Waals surface area contributed by atoms with Gasteiger partial charge >= 0.3 is 0 Å². The first-order valence-corrected chi connectivity index (χ1v) is 6.15. The summed E-state index contributed by atoms with van der Waals surface area (Å²) in [5.74, 6) is 0.0175. The van der Waals surface area contributed by atoms with Crippen LogP contribution in [0.3, 0.4) is 0 Å². The molecule has 0 unspecified atom stereocenters. The van der Waals surface area contributed by atoms with Crippen LogP contribution in [-0.2, 0) is 7.05 Å². The van der Waals surface area contributed by atoms with Crippen LogP contribution in [0.4, 0.5) is 0 Å². The Bertz CT molecular complexity index is 389. The van der Waals surface area contributed by atoms with Gasteiger partial charge in [-0.2, -0.15) is 5.10 Å². The van der Waals surface area contributed by atoms with Crippen LogP contribution < -0.4 is 5.73 Å². The molecule has 0 atom stereocenters. The molecule has 17 heavy (non-hydrogen) atoms. The molecule has 0 radical (unpaired) electrons. The van der Waals surface area contributed by atoms with E-state index in [0.717, 1.165) is 18.5 Å². The van der Waals surface area contributed by atoms with Crippen molar-refractivity contribution < 1.29 is 4.79 Å². The molecule has 2 N–H and O–H groups in total. The number of aryl methyl sites for hydroxylation is 2. The fourth-order valence-corrected chi connectivity index (χ4v) is 2.10. The van der Waals surface area contributed by atoms with E-state index in [4.69, 9.17) is 5.73 Å². The lowest BCUT2D eigenvalue weighted by molar-refractivity contribution is 0.0582. The van der Waals surface area contributed by atoms with Crippen LogP contribution in [0.2, 0.25) is 0 Å². The van der Waals surface area contributed by atoms with Crippen molar-refractivity contribution in [1.29, 1.82) is 0 Å². The third-order valence-corrected chi connectivity index (χ3v) is 3.48. The summed E-state index contributed by atoms with van der Waals surface area (Å²) in [5, 5.41) is 4.24. The number of rotatable bonds is 4. The summed E-state index contributed by atoms with van der Waals surface area (Å²) in [5.41, 5.74) is 7.11. The largest absolute Gasteiger partial charge is 0.333 e. The van der Waals surface area contributed by atoms with Gasteiger partial charge in [0.05, 0.1) is 0 Å². The molecule has 1 aromatic heterocycles. The van der Waals surface area contributed by atoms with Crippen molar-refractivity contribution in [2.45, 2.75) is 32.2 Å². The fourth-order valence-electron chi connectivity index (χ4n) is 2.10. The lowest BCUT2D eigenvalue weighted by atomic mass is 9.91. The highest BCUT2D eigenvalue weighted by molar-refractivity contribution is 5.92. The monoisotopic (exact) mass is 236 g/mol. The molecule has 1 aromatic rings. The lowest BCUT2D eigenvalue weighted by Crippen LogP contribution is -2.46. The highest BCUT2D eigenvalue weighted by Crippen LogP contribution is 2.25. The minimum atomic E-state index is 0.0175. The molecule has 5 nitrogen and oxygen atoms in total. The Labute approximate surface area is 102 Å². The molecule has 1 heterocycles. The maximum absolute atomic E-state index is 12.3. The topological polar surface area (TPSA) is 64.2 Å². The summed E-state index contributed by atoms with van der Waals surface area (Å²) in [6.07, 6.45) is 3.40. The van der Waals surface area contributed by atoms with Gasteiger partial charge in [0.2, 0.25) is 0 Å². The maximum atomic E-state index is 12.3. The molecule has 0 aromatic carbocycles. The van der Waals surface area contributed by atoms with Crippen LogP contribution in [0.5, 0.6) is 0 Å². The van der Waals surface area contributed by atoms with Crippen molar-refractivity contribution in [2.24, 2.45) is 12.8 Å². The van der Waals surface area contributed by atoms with E-state index in [1.807, 2.05) is 24.9 Å². The molecule has 0 saturated heterocycles. The number of hydrogen-bond acceptors (Lipinski definition) is 3. The minimum Gasteiger partial charge on any atom is -0.333 e. The first-order chi connectivity index (χ1) is 8.13. The number of hydrogen-bond donors (Lipinski definition) is 1. The number of carbonyl (C=O) groups excluding carboxylic acids is 1. The Morgan fingerprint density at radius 3 is 2.76 bits per heavy atom. The van der Waals surface area contributed by atoms with Gasteiger partial charge in [-0.15, -0.1) is 0 Å². The summed E-state index contributed by atoms with van der Waals surface area (Å²) in [4.78, 5) is 14.2. The second kappa shape index (κ2) is 4.87. The number of amides is 1. The van der Waals surface area contributed by atoms with Gasteiger partial charge in [-0.1, -0.05) is 0 Å². The Morgan fingerprint density at radius 1 is 1.65 bits per heavy atom. The first kappa shape index (κ1) is 12.1. The first-order valence-electron chi connectivity index (χ1n) is 6.15. The van der Waals surface area contributed by atoms with Crippen molar-refractivity contribution in [3.05, 3.63) is 17.5 Å². The predicted octanol–water partition coefficient (Wildman–Crippen LogP) is 0.682. The quantitative estimate of drug-likeness (QED) is 0.836. The van der Waals surface area contributed by atoms with E-state index in [1.54, 1.807) is 4.68 Å². The van der Waals surface area contributed by atoms with Gasteiger partial charge in [-0.25, -0.2) is 0 Å². The van der Waals surface area contributed by atoms with E-state index in [-0.39, 0.29) is 5.91 Å². The summed E-state index contributed by atoms with van der Waals surface area (Å²) in [6, 6.07) is 2.21. The normalized spacial score (nSPS) is 15.7. The van der Waals surface area contributed by atoms with Crippen molar-refractivity contribution in [3.63, 3.8) is 0 Å². The Kier molecular flexibility index (Phi) is 3.47. The van der Waals surface area contributed by atoms with Crippen molar-refractivity contribution in [3.8, 4) is 0 Å². The third-order valence-electron chi connectivity index (χ3n) is 3.48. The third kappa shape index (κ3) is 2.34. The molecule has 0 spiro atoms. The molecule has 1 amide bonds. The van der Waals surface area contributed by atoms with Gasteiger partial charge in [-0.05, 0) is 32.3 Å². The molecule has 2 rings (SSSR count). The van der Waals surface area contributed by atoms with Gasteiger partial charge in [0.25, 0.3) is 5.91 Å². The molecule has 1 fully saturated rings. The molecule has 5 heteroatoms. The minimum absolute atomic E-state index is 0.0175. The second-order valence-electron chi connectivity index (χ2n) is 4.67. The van der Waals surface area contributed by atoms with Crippen LogP contribution in [0.25, 0.3) is 0 Å². The van der Waals surface area contributed by atoms with Crippen LogP contribution in [-0.4, -0.2) is 39.7 Å².